The van der Waals surface area contributed by atoms with Crippen molar-refractivity contribution >= 4 is 0 Å². The van der Waals surface area contributed by atoms with Gasteiger partial charge in [-0.25, -0.2) is 19.4 Å². The summed E-state index contributed by atoms with van der Waals surface area (Å²) in [4.78, 5) is 14.1. The predicted molar refractivity (Wildman–Crippen MR) is 240 cm³/mol. The van der Waals surface area contributed by atoms with Crippen LogP contribution in [0.4, 0.5) is 39.5 Å². The van der Waals surface area contributed by atoms with Crippen LogP contribution < -0.4 is 16.0 Å². The lowest BCUT2D eigenvalue weighted by molar-refractivity contribution is -0.0904. The van der Waals surface area contributed by atoms with Crippen LogP contribution in [0.15, 0.2) is 67.7 Å². The maximum Gasteiger partial charge on any atom is 0.426 e. The molecular formula is C48H57F9N10O3. The molecule has 0 unspecified atom stereocenters. The summed E-state index contributed by atoms with van der Waals surface area (Å²) in [5.41, 5.74) is -7.17. The Labute approximate surface area is 403 Å². The molecule has 70 heavy (non-hydrogen) atoms. The quantitative estimate of drug-likeness (QED) is 0.0445. The Morgan fingerprint density at radius 2 is 0.886 bits per heavy atom. The highest BCUT2D eigenvalue weighted by Gasteiger charge is 2.45. The maximum atomic E-state index is 13.7. The van der Waals surface area contributed by atoms with Gasteiger partial charge in [-0.2, -0.15) is 50.0 Å². The number of hydrogen-bond donors (Lipinski definition) is 3. The summed E-state index contributed by atoms with van der Waals surface area (Å²) in [7, 11) is 0. The van der Waals surface area contributed by atoms with Crippen molar-refractivity contribution in [3.05, 3.63) is 113 Å². The zero-order valence-corrected chi connectivity index (χ0v) is 40.0. The summed E-state index contributed by atoms with van der Waals surface area (Å²) in [6.45, 7) is 42.4. The first-order valence-corrected chi connectivity index (χ1v) is 22.2. The molecule has 380 valence electrons. The van der Waals surface area contributed by atoms with Crippen LogP contribution in [-0.4, -0.2) is 102 Å². The second kappa shape index (κ2) is 24.7. The summed E-state index contributed by atoms with van der Waals surface area (Å²) in [5.74, 6) is 0. The third-order valence-corrected chi connectivity index (χ3v) is 11.5. The van der Waals surface area contributed by atoms with E-state index < -0.39 is 51.7 Å². The summed E-state index contributed by atoms with van der Waals surface area (Å²) in [5, 5.41) is 28.3. The normalized spacial score (nSPS) is 20.3. The van der Waals surface area contributed by atoms with Gasteiger partial charge in [0.15, 0.2) is 11.4 Å². The fourth-order valence-corrected chi connectivity index (χ4v) is 8.52. The Balaban J connectivity index is 1.66. The summed E-state index contributed by atoms with van der Waals surface area (Å²) in [6, 6.07) is 3.06. The highest BCUT2D eigenvalue weighted by atomic mass is 19.4. The van der Waals surface area contributed by atoms with Crippen molar-refractivity contribution in [1.82, 2.24) is 20.9 Å². The van der Waals surface area contributed by atoms with Gasteiger partial charge in [-0.15, -0.1) is 0 Å². The van der Waals surface area contributed by atoms with Crippen molar-refractivity contribution < 1.29 is 53.7 Å². The molecule has 0 radical (unpaired) electrons. The van der Waals surface area contributed by atoms with E-state index in [1.54, 1.807) is 41.5 Å². The molecule has 0 amide bonds. The van der Waals surface area contributed by atoms with E-state index in [0.717, 1.165) is 0 Å². The first kappa shape index (κ1) is 58.3. The van der Waals surface area contributed by atoms with Crippen molar-refractivity contribution in [2.75, 3.05) is 78.9 Å². The number of allylic oxidation sites excluding steroid dienone is 10. The maximum absolute atomic E-state index is 13.7. The van der Waals surface area contributed by atoms with E-state index in [1.165, 1.54) is 6.07 Å². The van der Waals surface area contributed by atoms with Crippen molar-refractivity contribution in [2.24, 2.45) is 16.2 Å². The first-order chi connectivity index (χ1) is 32.6. The first-order valence-electron chi connectivity index (χ1n) is 22.2. The third-order valence-electron chi connectivity index (χ3n) is 11.5. The molecule has 13 nitrogen and oxygen atoms in total. The smallest absolute Gasteiger partial charge is 0.395 e. The molecule has 0 saturated carbocycles. The van der Waals surface area contributed by atoms with Gasteiger partial charge in [-0.3, -0.25) is 4.90 Å². The molecule has 22 heteroatoms. The van der Waals surface area contributed by atoms with Crippen molar-refractivity contribution in [1.29, 1.82) is 10.5 Å². The Morgan fingerprint density at radius 3 is 1.19 bits per heavy atom. The minimum atomic E-state index is -4.94. The number of alkyl halides is 9. The second-order valence-electron chi connectivity index (χ2n) is 19.2. The second-order valence-corrected chi connectivity index (χ2v) is 19.2. The monoisotopic (exact) mass is 992 g/mol. The van der Waals surface area contributed by atoms with Gasteiger partial charge in [-0.1, -0.05) is 41.5 Å². The van der Waals surface area contributed by atoms with Crippen LogP contribution in [0.1, 0.15) is 80.1 Å². The molecule has 0 spiro atoms. The molecule has 0 heterocycles. The standard InChI is InChI=1S/C48H57F9N10O3/c1-43(2)23-31(35(30-59)46(49,50)51)34(29-58)36(26-43)64-11-17-68-20-14-67(15-21-69-18-12-65-37-27-44(3,4)24-32(39(37)60-7)41(62-9)47(52,53)54)16-22-70-19-13-66-38-28-45(5,6)25-33(40(38)61-8)42(63-10)48(55,56)57/h64-66H,11-28H2,1-6H3/b35-31+,41-32-,42-33-. The largest absolute Gasteiger partial charge is 0.426 e. The van der Waals surface area contributed by atoms with E-state index in [1.807, 2.05) is 11.0 Å². The van der Waals surface area contributed by atoms with Crippen molar-refractivity contribution in [3.63, 3.8) is 0 Å². The highest BCUT2D eigenvalue weighted by molar-refractivity contribution is 5.55. The minimum absolute atomic E-state index is 0.0945. The molecule has 0 aromatic rings. The highest BCUT2D eigenvalue weighted by Crippen LogP contribution is 2.48. The zero-order valence-electron chi connectivity index (χ0n) is 40.0. The van der Waals surface area contributed by atoms with Crippen LogP contribution in [-0.2, 0) is 14.2 Å². The number of nitrogens with one attached hydrogen (secondary N) is 3. The van der Waals surface area contributed by atoms with Gasteiger partial charge in [0, 0.05) is 56.4 Å². The molecule has 3 aliphatic carbocycles. The molecule has 0 fully saturated rings. The van der Waals surface area contributed by atoms with E-state index in [4.69, 9.17) is 40.5 Å². The average molecular weight is 993 g/mol. The van der Waals surface area contributed by atoms with Crippen LogP contribution in [0, 0.1) is 65.2 Å². The molecule has 0 atom stereocenters. The average Bonchev–Trinajstić information content (AvgIpc) is 3.22. The molecule has 0 aromatic heterocycles. The van der Waals surface area contributed by atoms with E-state index in [-0.39, 0.29) is 149 Å². The van der Waals surface area contributed by atoms with E-state index in [9.17, 15) is 50.0 Å². The number of nitriles is 2. The number of rotatable bonds is 21. The summed E-state index contributed by atoms with van der Waals surface area (Å²) in [6.07, 6.45) is -14.3. The van der Waals surface area contributed by atoms with E-state index in [2.05, 4.69) is 35.3 Å². The number of halogens is 9. The molecule has 0 bridgehead atoms. The van der Waals surface area contributed by atoms with E-state index in [0.29, 0.717) is 19.6 Å². The molecule has 3 rings (SSSR count). The fraction of sp³-hybridized carbons (Fsp3) is 0.625. The van der Waals surface area contributed by atoms with Gasteiger partial charge in [0.25, 0.3) is 11.4 Å². The third kappa shape index (κ3) is 16.8. The molecule has 3 aliphatic rings. The van der Waals surface area contributed by atoms with Gasteiger partial charge in [-0.05, 0) is 71.5 Å². The number of nitrogens with zero attached hydrogens (tertiary/aromatic N) is 7. The van der Waals surface area contributed by atoms with Gasteiger partial charge < -0.3 is 30.2 Å². The van der Waals surface area contributed by atoms with Crippen LogP contribution in [0.25, 0.3) is 19.4 Å². The number of hydrogen-bond acceptors (Lipinski definition) is 9. The van der Waals surface area contributed by atoms with Gasteiger partial charge >= 0.3 is 18.5 Å². The van der Waals surface area contributed by atoms with Gasteiger partial charge in [0.2, 0.25) is 0 Å². The van der Waals surface area contributed by atoms with Crippen LogP contribution in [0.5, 0.6) is 0 Å². The molecule has 0 aromatic carbocycles. The predicted octanol–water partition coefficient (Wildman–Crippen LogP) is 10.5. The molecule has 0 aliphatic heterocycles. The lowest BCUT2D eigenvalue weighted by Gasteiger charge is -2.34. The molecule has 0 saturated heterocycles. The molecular weight excluding hydrogens is 936 g/mol. The lowest BCUT2D eigenvalue weighted by atomic mass is 9.73. The topological polar surface area (TPSA) is 132 Å². The van der Waals surface area contributed by atoms with Crippen molar-refractivity contribution in [2.45, 2.75) is 98.6 Å². The Kier molecular flexibility index (Phi) is 20.6. The Hall–Kier alpha value is -6.01. The zero-order chi connectivity index (χ0) is 52.7. The van der Waals surface area contributed by atoms with Gasteiger partial charge in [0.1, 0.15) is 17.7 Å². The Morgan fingerprint density at radius 1 is 0.543 bits per heavy atom. The lowest BCUT2D eigenvalue weighted by Crippen LogP contribution is -2.36. The summed E-state index contributed by atoms with van der Waals surface area (Å²) < 4.78 is 141. The van der Waals surface area contributed by atoms with Crippen molar-refractivity contribution in [3.8, 4) is 12.1 Å². The summed E-state index contributed by atoms with van der Waals surface area (Å²) >= 11 is 0. The van der Waals surface area contributed by atoms with Crippen LogP contribution in [0.3, 0.4) is 0 Å². The molecule has 3 N–H and O–H groups in total. The Bertz CT molecular complexity index is 2120. The van der Waals surface area contributed by atoms with Crippen LogP contribution in [0.2, 0.25) is 0 Å². The van der Waals surface area contributed by atoms with Crippen LogP contribution >= 0.6 is 0 Å². The van der Waals surface area contributed by atoms with E-state index >= 15 is 0 Å². The van der Waals surface area contributed by atoms with Gasteiger partial charge in [0.05, 0.1) is 71.5 Å². The fourth-order valence-electron chi connectivity index (χ4n) is 8.52. The number of ether oxygens (including phenoxy) is 3. The SMILES string of the molecule is [C-]#[N+]C1=C(NCCOCCN(CCOCCNC2=C([N+]#[C-])/C(=C(\[N+]#[C-])C(F)(F)F)CC(C)(C)C2)CCOCCNC2=C(C#N)/C(=C(\C#N)C(F)(F)F)CC(C)(C)C2)CC(C)(C)C/C1=C(/[N+]#[C-])C(F)(F)F. The minimum Gasteiger partial charge on any atom is -0.395 e.